The molecule has 0 aromatic carbocycles. The molecular formula is C21H39BO3SSi. The summed E-state index contributed by atoms with van der Waals surface area (Å²) in [6.45, 7) is 17.0. The normalized spacial score (nSPS) is 19.7. The molecule has 0 aliphatic carbocycles. The molecule has 0 radical (unpaired) electrons. The molecule has 1 aliphatic rings. The van der Waals surface area contributed by atoms with Crippen LogP contribution in [0.25, 0.3) is 0 Å². The highest BCUT2D eigenvalue weighted by molar-refractivity contribution is 7.22. The molecule has 0 saturated carbocycles. The molecule has 0 unspecified atom stereocenters. The quantitative estimate of drug-likeness (QED) is 0.430. The minimum Gasteiger partial charge on any atom is -0.432 e. The number of rotatable bonds is 9. The molecule has 3 nitrogen and oxygen atoms in total. The van der Waals surface area contributed by atoms with E-state index in [9.17, 15) is 4.80 Å². The molecule has 1 aromatic heterocycles. The van der Waals surface area contributed by atoms with Crippen molar-refractivity contribution >= 4 is 31.5 Å². The first kappa shape index (κ1) is 23.1. The first-order valence-electron chi connectivity index (χ1n) is 10.4. The van der Waals surface area contributed by atoms with Crippen LogP contribution in [-0.2, 0) is 15.7 Å². The van der Waals surface area contributed by atoms with Crippen LogP contribution in [0.4, 0.5) is 0 Å². The topological polar surface area (TPSA) is 38.7 Å². The van der Waals surface area contributed by atoms with Crippen molar-refractivity contribution in [2.45, 2.75) is 109 Å². The van der Waals surface area contributed by atoms with Gasteiger partial charge >= 0.3 is 7.12 Å². The lowest BCUT2D eigenvalue weighted by Crippen LogP contribution is -2.41. The van der Waals surface area contributed by atoms with Crippen molar-refractivity contribution in [1.29, 1.82) is 0 Å². The monoisotopic (exact) mass is 410 g/mol. The summed E-state index contributed by atoms with van der Waals surface area (Å²) in [6.07, 6.45) is 7.22. The predicted molar refractivity (Wildman–Crippen MR) is 121 cm³/mol. The zero-order valence-corrected chi connectivity index (χ0v) is 20.5. The van der Waals surface area contributed by atoms with Gasteiger partial charge in [-0.25, -0.2) is 0 Å². The van der Waals surface area contributed by atoms with Crippen LogP contribution in [0.3, 0.4) is 0 Å². The Hall–Kier alpha value is -0.138. The molecule has 1 N–H and O–H groups in total. The van der Waals surface area contributed by atoms with Crippen molar-refractivity contribution in [1.82, 2.24) is 0 Å². The number of unbranched alkanes of at least 4 members (excludes halogenated alkanes) is 3. The van der Waals surface area contributed by atoms with Gasteiger partial charge in [0.05, 0.1) is 11.2 Å². The fraction of sp³-hybridized carbons (Fsp3) is 0.810. The number of aryl methyl sites for hydroxylation is 1. The molecule has 1 fully saturated rings. The van der Waals surface area contributed by atoms with Crippen molar-refractivity contribution in [3.05, 3.63) is 17.0 Å². The highest BCUT2D eigenvalue weighted by atomic mass is 32.1. The van der Waals surface area contributed by atoms with Gasteiger partial charge in [-0.1, -0.05) is 39.2 Å². The van der Waals surface area contributed by atoms with Crippen LogP contribution in [0, 0.1) is 0 Å². The lowest BCUT2D eigenvalue weighted by atomic mass is 9.88. The van der Waals surface area contributed by atoms with E-state index in [-0.39, 0.29) is 23.4 Å². The zero-order valence-electron chi connectivity index (χ0n) is 18.6. The Morgan fingerprint density at radius 2 is 1.56 bits per heavy atom. The number of hydrogen-bond acceptors (Lipinski definition) is 4. The minimum absolute atomic E-state index is 0.110. The van der Waals surface area contributed by atoms with Gasteiger partial charge in [-0.3, -0.25) is 0 Å². The predicted octanol–water partition coefficient (Wildman–Crippen LogP) is 5.52. The third-order valence-electron chi connectivity index (χ3n) is 6.80. The van der Waals surface area contributed by atoms with Crippen LogP contribution in [-0.4, -0.2) is 31.4 Å². The van der Waals surface area contributed by atoms with E-state index >= 15 is 0 Å². The molecule has 154 valence electrons. The first-order chi connectivity index (χ1) is 12.3. The standard InChI is InChI=1S/C21H39BO3SSi/c1-19(2,27(7,8)23)16-12-10-9-11-13-17-14-15-18(26-17)22-24-20(3,4)21(5,6)25-22/h14-15,23H,9-13,16H2,1-8H3. The summed E-state index contributed by atoms with van der Waals surface area (Å²) in [5.41, 5.74) is -0.552. The van der Waals surface area contributed by atoms with E-state index in [2.05, 4.69) is 66.8 Å². The van der Waals surface area contributed by atoms with Crippen LogP contribution in [0.5, 0.6) is 0 Å². The van der Waals surface area contributed by atoms with Gasteiger partial charge in [0.15, 0.2) is 8.32 Å². The smallest absolute Gasteiger partial charge is 0.432 e. The number of thiophene rings is 1. The lowest BCUT2D eigenvalue weighted by molar-refractivity contribution is 0.00578. The molecule has 0 spiro atoms. The molecule has 6 heteroatoms. The summed E-state index contributed by atoms with van der Waals surface area (Å²) in [6, 6.07) is 4.40. The molecule has 1 aromatic rings. The van der Waals surface area contributed by atoms with E-state index in [0.29, 0.717) is 0 Å². The highest BCUT2D eigenvalue weighted by Gasteiger charge is 2.52. The Balaban J connectivity index is 1.72. The van der Waals surface area contributed by atoms with Gasteiger partial charge in [0.1, 0.15) is 0 Å². The van der Waals surface area contributed by atoms with E-state index in [1.165, 1.54) is 35.3 Å². The van der Waals surface area contributed by atoms with Crippen molar-refractivity contribution in [2.24, 2.45) is 0 Å². The van der Waals surface area contributed by atoms with E-state index in [1.807, 2.05) is 11.3 Å². The summed E-state index contributed by atoms with van der Waals surface area (Å²) in [4.78, 5) is 11.8. The average molecular weight is 411 g/mol. The van der Waals surface area contributed by atoms with E-state index < -0.39 is 8.32 Å². The van der Waals surface area contributed by atoms with E-state index in [4.69, 9.17) is 9.31 Å². The van der Waals surface area contributed by atoms with Gasteiger partial charge in [0.25, 0.3) is 0 Å². The van der Waals surface area contributed by atoms with Crippen molar-refractivity contribution < 1.29 is 14.1 Å². The molecule has 27 heavy (non-hydrogen) atoms. The lowest BCUT2D eigenvalue weighted by Gasteiger charge is -2.35. The second-order valence-electron chi connectivity index (χ2n) is 10.2. The summed E-state index contributed by atoms with van der Waals surface area (Å²) < 4.78 is 13.5. The van der Waals surface area contributed by atoms with Crippen LogP contribution >= 0.6 is 11.3 Å². The maximum absolute atomic E-state index is 10.4. The van der Waals surface area contributed by atoms with Gasteiger partial charge in [-0.2, -0.15) is 0 Å². The van der Waals surface area contributed by atoms with Gasteiger partial charge in [0, 0.05) is 9.65 Å². The minimum atomic E-state index is -2.06. The van der Waals surface area contributed by atoms with Crippen LogP contribution < -0.4 is 4.78 Å². The molecule has 0 atom stereocenters. The Labute approximate surface area is 172 Å². The molecular weight excluding hydrogens is 371 g/mol. The SMILES string of the molecule is CC1(C)OB(c2ccc(CCCCCCC(C)(C)[Si](C)(C)O)s2)OC1(C)C. The molecule has 1 aliphatic heterocycles. The molecule has 1 saturated heterocycles. The van der Waals surface area contributed by atoms with Crippen molar-refractivity contribution in [3.8, 4) is 0 Å². The fourth-order valence-corrected chi connectivity index (χ4v) is 4.94. The maximum Gasteiger partial charge on any atom is 0.505 e. The van der Waals surface area contributed by atoms with E-state index in [1.54, 1.807) is 0 Å². The first-order valence-corrected chi connectivity index (χ1v) is 14.2. The molecule has 0 bridgehead atoms. The Kier molecular flexibility index (Phi) is 7.12. The zero-order chi connectivity index (χ0) is 20.5. The Morgan fingerprint density at radius 3 is 2.11 bits per heavy atom. The van der Waals surface area contributed by atoms with Gasteiger partial charge < -0.3 is 14.1 Å². The maximum atomic E-state index is 10.4. The highest BCUT2D eigenvalue weighted by Crippen LogP contribution is 2.40. The second-order valence-corrected chi connectivity index (χ2v) is 15.9. The molecule has 2 rings (SSSR count). The third-order valence-corrected chi connectivity index (χ3v) is 11.5. The summed E-state index contributed by atoms with van der Waals surface area (Å²) in [5.74, 6) is 0. The summed E-state index contributed by atoms with van der Waals surface area (Å²) >= 11 is 1.83. The Morgan fingerprint density at radius 1 is 1.00 bits per heavy atom. The third kappa shape index (κ3) is 5.69. The van der Waals surface area contributed by atoms with Gasteiger partial charge in [-0.15, -0.1) is 11.3 Å². The fourth-order valence-electron chi connectivity index (χ4n) is 3.14. The van der Waals surface area contributed by atoms with Crippen molar-refractivity contribution in [3.63, 3.8) is 0 Å². The van der Waals surface area contributed by atoms with Crippen LogP contribution in [0.1, 0.15) is 78.5 Å². The van der Waals surface area contributed by atoms with E-state index in [0.717, 1.165) is 12.8 Å². The largest absolute Gasteiger partial charge is 0.505 e. The summed E-state index contributed by atoms with van der Waals surface area (Å²) in [7, 11) is -2.29. The Bertz CT molecular complexity index is 603. The second kappa shape index (κ2) is 8.31. The van der Waals surface area contributed by atoms with Crippen LogP contribution in [0.15, 0.2) is 12.1 Å². The summed E-state index contributed by atoms with van der Waals surface area (Å²) in [5, 5.41) is 0.110. The average Bonchev–Trinajstić information content (AvgIpc) is 3.04. The van der Waals surface area contributed by atoms with Gasteiger partial charge in [-0.05, 0) is 71.2 Å². The van der Waals surface area contributed by atoms with Crippen molar-refractivity contribution in [2.75, 3.05) is 0 Å². The molecule has 2 heterocycles. The number of hydrogen-bond donors (Lipinski definition) is 1. The van der Waals surface area contributed by atoms with Gasteiger partial charge in [0.2, 0.25) is 0 Å². The molecule has 0 amide bonds. The van der Waals surface area contributed by atoms with Crippen LogP contribution in [0.2, 0.25) is 18.1 Å².